The largest absolute Gasteiger partial charge is 0.454 e. The number of benzene rings is 1. The lowest BCUT2D eigenvalue weighted by atomic mass is 10.2. The zero-order valence-electron chi connectivity index (χ0n) is 14.6. The van der Waals surface area contributed by atoms with Crippen molar-refractivity contribution in [3.63, 3.8) is 0 Å². The molecule has 0 spiro atoms. The molecule has 0 atom stereocenters. The van der Waals surface area contributed by atoms with Crippen molar-refractivity contribution in [2.75, 3.05) is 38.3 Å². The molecule has 2 aliphatic rings. The smallest absolute Gasteiger partial charge is 0.257 e. The Morgan fingerprint density at radius 1 is 1.11 bits per heavy atom. The third-order valence-electron chi connectivity index (χ3n) is 4.54. The minimum Gasteiger partial charge on any atom is -0.454 e. The Hall–Kier alpha value is -3.36. The first-order valence-electron chi connectivity index (χ1n) is 8.66. The second kappa shape index (κ2) is 7.48. The number of nitrogens with zero attached hydrogens (tertiary/aromatic N) is 4. The molecule has 0 unspecified atom stereocenters. The van der Waals surface area contributed by atoms with Gasteiger partial charge >= 0.3 is 0 Å². The molecule has 3 heterocycles. The van der Waals surface area contributed by atoms with E-state index in [1.165, 1.54) is 12.4 Å². The predicted molar refractivity (Wildman–Crippen MR) is 95.5 cm³/mol. The molecule has 1 N–H and O–H groups in total. The molecule has 0 aliphatic carbocycles. The van der Waals surface area contributed by atoms with E-state index in [1.54, 1.807) is 9.80 Å². The number of nitrogens with one attached hydrogen (secondary N) is 1. The van der Waals surface area contributed by atoms with Crippen LogP contribution in [0.4, 0.5) is 5.95 Å². The van der Waals surface area contributed by atoms with Gasteiger partial charge in [-0.15, -0.1) is 0 Å². The average molecular weight is 369 g/mol. The topological polar surface area (TPSA) is 96.9 Å². The number of piperazine rings is 1. The number of hydrogen-bond acceptors (Lipinski definition) is 7. The Kier molecular flexibility index (Phi) is 4.73. The van der Waals surface area contributed by atoms with Crippen molar-refractivity contribution in [3.8, 4) is 11.5 Å². The highest BCUT2D eigenvalue weighted by molar-refractivity contribution is 5.93. The van der Waals surface area contributed by atoms with E-state index in [0.29, 0.717) is 44.2 Å². The summed E-state index contributed by atoms with van der Waals surface area (Å²) in [5.41, 5.74) is 1.44. The molecule has 140 valence electrons. The summed E-state index contributed by atoms with van der Waals surface area (Å²) in [7, 11) is 0. The van der Waals surface area contributed by atoms with Gasteiger partial charge < -0.3 is 24.6 Å². The van der Waals surface area contributed by atoms with Gasteiger partial charge in [0.15, 0.2) is 11.5 Å². The van der Waals surface area contributed by atoms with Gasteiger partial charge in [-0.05, 0) is 17.7 Å². The quantitative estimate of drug-likeness (QED) is 0.776. The second-order valence-corrected chi connectivity index (χ2v) is 6.27. The maximum atomic E-state index is 12.5. The monoisotopic (exact) mass is 369 g/mol. The summed E-state index contributed by atoms with van der Waals surface area (Å²) in [5.74, 6) is 1.79. The van der Waals surface area contributed by atoms with Crippen molar-refractivity contribution in [1.82, 2.24) is 19.8 Å². The van der Waals surface area contributed by atoms with Crippen LogP contribution >= 0.6 is 0 Å². The lowest BCUT2D eigenvalue weighted by molar-refractivity contribution is -0.119. The number of amides is 2. The molecule has 0 saturated carbocycles. The first kappa shape index (κ1) is 17.1. The molecule has 0 radical (unpaired) electrons. The Balaban J connectivity index is 1.33. The Morgan fingerprint density at radius 2 is 1.85 bits per heavy atom. The fraction of sp³-hybridized carbons (Fsp3) is 0.333. The van der Waals surface area contributed by atoms with Crippen LogP contribution < -0.4 is 14.8 Å². The van der Waals surface area contributed by atoms with Crippen LogP contribution in [-0.4, -0.2) is 65.1 Å². The van der Waals surface area contributed by atoms with Gasteiger partial charge in [0.1, 0.15) is 0 Å². The summed E-state index contributed by atoms with van der Waals surface area (Å²) in [4.78, 5) is 35.0. The van der Waals surface area contributed by atoms with E-state index >= 15 is 0 Å². The predicted octanol–water partition coefficient (Wildman–Crippen LogP) is 0.732. The number of rotatable bonds is 5. The fourth-order valence-corrected chi connectivity index (χ4v) is 2.97. The first-order valence-corrected chi connectivity index (χ1v) is 8.66. The van der Waals surface area contributed by atoms with E-state index in [0.717, 1.165) is 23.5 Å². The highest BCUT2D eigenvalue weighted by Gasteiger charge is 2.21. The summed E-state index contributed by atoms with van der Waals surface area (Å²) in [6.07, 6.45) is 3.85. The SMILES string of the molecule is O=CN1CCN(C(=O)c2cnc(NCc3ccc4c(c3)OCO4)nc2)CC1. The van der Waals surface area contributed by atoms with Crippen molar-refractivity contribution in [3.05, 3.63) is 41.7 Å². The molecule has 1 aromatic carbocycles. The fourth-order valence-electron chi connectivity index (χ4n) is 2.97. The van der Waals surface area contributed by atoms with E-state index in [4.69, 9.17) is 9.47 Å². The zero-order valence-corrected chi connectivity index (χ0v) is 14.6. The standard InChI is InChI=1S/C18H19N5O4/c24-11-22-3-5-23(6-4-22)17(25)14-9-20-18(21-10-14)19-8-13-1-2-15-16(7-13)27-12-26-15/h1-2,7,9-11H,3-6,8,12H2,(H,19,20,21). The molecule has 0 bridgehead atoms. The Morgan fingerprint density at radius 3 is 2.59 bits per heavy atom. The lowest BCUT2D eigenvalue weighted by Gasteiger charge is -2.32. The highest BCUT2D eigenvalue weighted by Crippen LogP contribution is 2.32. The first-order chi connectivity index (χ1) is 13.2. The lowest BCUT2D eigenvalue weighted by Crippen LogP contribution is -2.48. The van der Waals surface area contributed by atoms with Crippen LogP contribution in [0.15, 0.2) is 30.6 Å². The molecule has 9 heteroatoms. The summed E-state index contributed by atoms with van der Waals surface area (Å²) >= 11 is 0. The summed E-state index contributed by atoms with van der Waals surface area (Å²) in [6.45, 7) is 2.90. The number of hydrogen-bond donors (Lipinski definition) is 1. The molecule has 9 nitrogen and oxygen atoms in total. The molecule has 1 saturated heterocycles. The number of fused-ring (bicyclic) bond motifs is 1. The molecule has 1 fully saturated rings. The van der Waals surface area contributed by atoms with Crippen LogP contribution in [0.5, 0.6) is 11.5 Å². The molecule has 2 aliphatic heterocycles. The van der Waals surface area contributed by atoms with Gasteiger partial charge in [0.2, 0.25) is 19.2 Å². The zero-order chi connectivity index (χ0) is 18.6. The average Bonchev–Trinajstić information content (AvgIpc) is 3.20. The summed E-state index contributed by atoms with van der Waals surface area (Å²) < 4.78 is 10.6. The van der Waals surface area contributed by atoms with Crippen molar-refractivity contribution in [2.24, 2.45) is 0 Å². The Labute approximate surface area is 155 Å². The minimum absolute atomic E-state index is 0.122. The molecule has 1 aromatic heterocycles. The van der Waals surface area contributed by atoms with E-state index < -0.39 is 0 Å². The van der Waals surface area contributed by atoms with Gasteiger partial charge in [-0.25, -0.2) is 9.97 Å². The van der Waals surface area contributed by atoms with Gasteiger partial charge in [-0.1, -0.05) is 6.07 Å². The second-order valence-electron chi connectivity index (χ2n) is 6.27. The van der Waals surface area contributed by atoms with Crippen molar-refractivity contribution in [1.29, 1.82) is 0 Å². The van der Waals surface area contributed by atoms with E-state index in [1.807, 2.05) is 18.2 Å². The Bertz CT molecular complexity index is 834. The summed E-state index contributed by atoms with van der Waals surface area (Å²) in [6, 6.07) is 5.72. The van der Waals surface area contributed by atoms with E-state index in [2.05, 4.69) is 15.3 Å². The third-order valence-corrected chi connectivity index (χ3v) is 4.54. The van der Waals surface area contributed by atoms with E-state index in [-0.39, 0.29) is 12.7 Å². The van der Waals surface area contributed by atoms with Gasteiger partial charge in [0.25, 0.3) is 5.91 Å². The maximum absolute atomic E-state index is 12.5. The number of carbonyl (C=O) groups is 2. The minimum atomic E-state index is -0.122. The van der Waals surface area contributed by atoms with Crippen LogP contribution in [0.25, 0.3) is 0 Å². The van der Waals surface area contributed by atoms with Gasteiger partial charge in [-0.3, -0.25) is 9.59 Å². The highest BCUT2D eigenvalue weighted by atomic mass is 16.7. The van der Waals surface area contributed by atoms with Crippen LogP contribution in [0.1, 0.15) is 15.9 Å². The number of carbonyl (C=O) groups excluding carboxylic acids is 2. The molecule has 27 heavy (non-hydrogen) atoms. The van der Waals surface area contributed by atoms with Crippen molar-refractivity contribution in [2.45, 2.75) is 6.54 Å². The van der Waals surface area contributed by atoms with Gasteiger partial charge in [0.05, 0.1) is 5.56 Å². The maximum Gasteiger partial charge on any atom is 0.257 e. The normalized spacial score (nSPS) is 15.6. The van der Waals surface area contributed by atoms with Gasteiger partial charge in [-0.2, -0.15) is 0 Å². The van der Waals surface area contributed by atoms with Crippen LogP contribution in [0, 0.1) is 0 Å². The molecule has 4 rings (SSSR count). The van der Waals surface area contributed by atoms with Crippen LogP contribution in [0.2, 0.25) is 0 Å². The number of anilines is 1. The molecular weight excluding hydrogens is 350 g/mol. The summed E-state index contributed by atoms with van der Waals surface area (Å²) in [5, 5.41) is 3.12. The number of aromatic nitrogens is 2. The third kappa shape index (κ3) is 3.76. The van der Waals surface area contributed by atoms with Crippen molar-refractivity contribution < 1.29 is 19.1 Å². The van der Waals surface area contributed by atoms with E-state index in [9.17, 15) is 9.59 Å². The molecular formula is C18H19N5O4. The molecule has 2 aromatic rings. The van der Waals surface area contributed by atoms with Crippen LogP contribution in [0.3, 0.4) is 0 Å². The number of ether oxygens (including phenoxy) is 2. The molecule has 2 amide bonds. The van der Waals surface area contributed by atoms with Crippen molar-refractivity contribution >= 4 is 18.3 Å². The van der Waals surface area contributed by atoms with Gasteiger partial charge in [0, 0.05) is 45.1 Å². The van der Waals surface area contributed by atoms with Crippen LogP contribution in [-0.2, 0) is 11.3 Å².